The third-order valence-electron chi connectivity index (χ3n) is 3.97. The fourth-order valence-corrected chi connectivity index (χ4v) is 3.96. The minimum Gasteiger partial charge on any atom is -0.302 e. The molecule has 1 aliphatic carbocycles. The molecule has 1 aromatic carbocycles. The maximum atomic E-state index is 12.2. The molecule has 0 unspecified atom stereocenters. The van der Waals surface area contributed by atoms with Gasteiger partial charge >= 0.3 is 0 Å². The molecule has 0 radical (unpaired) electrons. The molecule has 23 heavy (non-hydrogen) atoms. The molecular weight excluding hydrogens is 314 g/mol. The van der Waals surface area contributed by atoms with E-state index in [1.54, 1.807) is 18.2 Å². The number of benzene rings is 1. The summed E-state index contributed by atoms with van der Waals surface area (Å²) >= 11 is 1.51. The summed E-state index contributed by atoms with van der Waals surface area (Å²) in [6, 6.07) is 6.30. The van der Waals surface area contributed by atoms with Gasteiger partial charge in [0.05, 0.1) is 17.0 Å². The summed E-state index contributed by atoms with van der Waals surface area (Å²) in [4.78, 5) is 28.4. The number of fused-ring (bicyclic) bond motifs is 1. The zero-order chi connectivity index (χ0) is 16.4. The van der Waals surface area contributed by atoms with Crippen molar-refractivity contribution in [3.63, 3.8) is 0 Å². The molecule has 0 saturated heterocycles. The lowest BCUT2D eigenvalue weighted by atomic mass is 9.93. The van der Waals surface area contributed by atoms with Gasteiger partial charge in [0.2, 0.25) is 5.91 Å². The summed E-state index contributed by atoms with van der Waals surface area (Å²) in [6.45, 7) is 2.22. The Hall–Kier alpha value is -2.28. The van der Waals surface area contributed by atoms with Crippen LogP contribution in [0.25, 0.3) is 0 Å². The summed E-state index contributed by atoms with van der Waals surface area (Å²) < 4.78 is 0. The molecule has 3 rings (SSSR count). The first-order chi connectivity index (χ1) is 11.0. The Balaban J connectivity index is 1.70. The summed E-state index contributed by atoms with van der Waals surface area (Å²) in [6.07, 6.45) is 3.05. The Morgan fingerprint density at radius 1 is 1.48 bits per heavy atom. The minimum atomic E-state index is -0.466. The van der Waals surface area contributed by atoms with Gasteiger partial charge in [-0.05, 0) is 25.2 Å². The van der Waals surface area contributed by atoms with Crippen molar-refractivity contribution in [3.8, 4) is 0 Å². The number of carbonyl (C=O) groups is 1. The number of hydrogen-bond donors (Lipinski definition) is 1. The zero-order valence-electron chi connectivity index (χ0n) is 12.7. The maximum Gasteiger partial charge on any atom is 0.273 e. The van der Waals surface area contributed by atoms with Crippen LogP contribution in [0.15, 0.2) is 24.3 Å². The van der Waals surface area contributed by atoms with Crippen molar-refractivity contribution in [2.75, 3.05) is 5.32 Å². The van der Waals surface area contributed by atoms with Crippen LogP contribution in [0.1, 0.15) is 29.5 Å². The molecule has 0 spiro atoms. The van der Waals surface area contributed by atoms with Gasteiger partial charge in [0.1, 0.15) is 0 Å². The van der Waals surface area contributed by atoms with Crippen LogP contribution < -0.4 is 5.32 Å². The van der Waals surface area contributed by atoms with Gasteiger partial charge in [0, 0.05) is 16.5 Å². The summed E-state index contributed by atoms with van der Waals surface area (Å²) in [5, 5.41) is 14.4. The first-order valence-corrected chi connectivity index (χ1v) is 8.35. The van der Waals surface area contributed by atoms with E-state index in [0.717, 1.165) is 25.0 Å². The summed E-state index contributed by atoms with van der Waals surface area (Å²) in [5.41, 5.74) is 1.45. The zero-order valence-corrected chi connectivity index (χ0v) is 13.6. The lowest BCUT2D eigenvalue weighted by Crippen LogP contribution is -2.15. The number of anilines is 1. The predicted octanol–water partition coefficient (Wildman–Crippen LogP) is 3.36. The number of carbonyl (C=O) groups excluding carboxylic acids is 1. The van der Waals surface area contributed by atoms with E-state index in [0.29, 0.717) is 16.6 Å². The van der Waals surface area contributed by atoms with E-state index in [9.17, 15) is 14.9 Å². The highest BCUT2D eigenvalue weighted by Crippen LogP contribution is 2.32. The Morgan fingerprint density at radius 2 is 2.26 bits per heavy atom. The average Bonchev–Trinajstić information content (AvgIpc) is 2.88. The van der Waals surface area contributed by atoms with Crippen LogP contribution in [0.4, 0.5) is 10.8 Å². The number of aromatic nitrogens is 1. The molecule has 0 saturated carbocycles. The molecule has 2 aromatic rings. The molecule has 0 fully saturated rings. The van der Waals surface area contributed by atoms with Gasteiger partial charge in [-0.1, -0.05) is 25.1 Å². The lowest BCUT2D eigenvalue weighted by Gasteiger charge is -2.15. The standard InChI is InChI=1S/C16H17N3O3S/c1-10-6-7-12-14(8-10)23-16(17-12)18-15(20)9-11-4-2-3-5-13(11)19(21)22/h2-5,10H,6-9H2,1H3,(H,17,18,20)/t10-/m1/s1. The summed E-state index contributed by atoms with van der Waals surface area (Å²) in [5.74, 6) is 0.372. The molecule has 0 aliphatic heterocycles. The van der Waals surface area contributed by atoms with Crippen molar-refractivity contribution in [1.29, 1.82) is 0 Å². The third-order valence-corrected chi connectivity index (χ3v) is 5.01. The molecule has 1 amide bonds. The van der Waals surface area contributed by atoms with Gasteiger partial charge in [-0.15, -0.1) is 11.3 Å². The van der Waals surface area contributed by atoms with Crippen molar-refractivity contribution < 1.29 is 9.72 Å². The molecule has 6 nitrogen and oxygen atoms in total. The fraction of sp³-hybridized carbons (Fsp3) is 0.375. The lowest BCUT2D eigenvalue weighted by molar-refractivity contribution is -0.385. The van der Waals surface area contributed by atoms with Gasteiger partial charge in [-0.25, -0.2) is 4.98 Å². The minimum absolute atomic E-state index is 0.0300. The molecule has 1 aliphatic rings. The Bertz CT molecular complexity index is 757. The topological polar surface area (TPSA) is 85.1 Å². The smallest absolute Gasteiger partial charge is 0.273 e. The number of thiazole rings is 1. The third kappa shape index (κ3) is 3.56. The number of para-hydroxylation sites is 1. The number of rotatable bonds is 4. The van der Waals surface area contributed by atoms with Crippen LogP contribution in [0.5, 0.6) is 0 Å². The quantitative estimate of drug-likeness (QED) is 0.687. The van der Waals surface area contributed by atoms with Gasteiger partial charge in [0.25, 0.3) is 5.69 Å². The van der Waals surface area contributed by atoms with E-state index in [-0.39, 0.29) is 18.0 Å². The molecular formula is C16H17N3O3S. The first-order valence-electron chi connectivity index (χ1n) is 7.53. The van der Waals surface area contributed by atoms with Gasteiger partial charge in [-0.2, -0.15) is 0 Å². The van der Waals surface area contributed by atoms with E-state index >= 15 is 0 Å². The second kappa shape index (κ2) is 6.45. The van der Waals surface area contributed by atoms with Crippen molar-refractivity contribution in [2.45, 2.75) is 32.6 Å². The fourth-order valence-electron chi connectivity index (χ4n) is 2.77. The number of nitro groups is 1. The Labute approximate surface area is 137 Å². The normalized spacial score (nSPS) is 16.7. The Kier molecular flexibility index (Phi) is 4.38. The van der Waals surface area contributed by atoms with E-state index in [2.05, 4.69) is 17.2 Å². The molecule has 1 aromatic heterocycles. The first kappa shape index (κ1) is 15.6. The van der Waals surface area contributed by atoms with Gasteiger partial charge in [-0.3, -0.25) is 14.9 Å². The number of nitro benzene ring substituents is 1. The second-order valence-corrected chi connectivity index (χ2v) is 6.93. The number of aryl methyl sites for hydroxylation is 1. The van der Waals surface area contributed by atoms with Crippen LogP contribution in [0, 0.1) is 16.0 Å². The van der Waals surface area contributed by atoms with Crippen LogP contribution >= 0.6 is 11.3 Å². The van der Waals surface area contributed by atoms with Crippen LogP contribution in [0.2, 0.25) is 0 Å². The maximum absolute atomic E-state index is 12.2. The molecule has 0 bridgehead atoms. The van der Waals surface area contributed by atoms with E-state index in [1.807, 2.05) is 0 Å². The van der Waals surface area contributed by atoms with Crippen LogP contribution in [0.3, 0.4) is 0 Å². The average molecular weight is 331 g/mol. The van der Waals surface area contributed by atoms with E-state index in [4.69, 9.17) is 0 Å². The van der Waals surface area contributed by atoms with Gasteiger partial charge < -0.3 is 5.32 Å². The highest BCUT2D eigenvalue weighted by Gasteiger charge is 2.21. The number of nitrogens with zero attached hydrogens (tertiary/aromatic N) is 2. The van der Waals surface area contributed by atoms with Crippen molar-refractivity contribution in [3.05, 3.63) is 50.5 Å². The largest absolute Gasteiger partial charge is 0.302 e. The highest BCUT2D eigenvalue weighted by atomic mass is 32.1. The predicted molar refractivity (Wildman–Crippen MR) is 88.7 cm³/mol. The molecule has 120 valence electrons. The van der Waals surface area contributed by atoms with E-state index in [1.165, 1.54) is 22.3 Å². The molecule has 1 heterocycles. The van der Waals surface area contributed by atoms with Crippen molar-refractivity contribution in [1.82, 2.24) is 4.98 Å². The number of hydrogen-bond acceptors (Lipinski definition) is 5. The van der Waals surface area contributed by atoms with E-state index < -0.39 is 4.92 Å². The van der Waals surface area contributed by atoms with Crippen LogP contribution in [-0.2, 0) is 24.1 Å². The Morgan fingerprint density at radius 3 is 3.04 bits per heavy atom. The highest BCUT2D eigenvalue weighted by molar-refractivity contribution is 7.15. The molecule has 7 heteroatoms. The second-order valence-electron chi connectivity index (χ2n) is 5.85. The molecule has 1 N–H and O–H groups in total. The number of nitrogens with one attached hydrogen (secondary N) is 1. The van der Waals surface area contributed by atoms with Crippen molar-refractivity contribution >= 4 is 28.1 Å². The van der Waals surface area contributed by atoms with Crippen LogP contribution in [-0.4, -0.2) is 15.8 Å². The monoisotopic (exact) mass is 331 g/mol. The van der Waals surface area contributed by atoms with Gasteiger partial charge in [0.15, 0.2) is 5.13 Å². The SMILES string of the molecule is C[C@@H]1CCc2nc(NC(=O)Cc3ccccc3[N+](=O)[O-])sc2C1. The molecule has 1 atom stereocenters. The summed E-state index contributed by atoms with van der Waals surface area (Å²) in [7, 11) is 0. The number of amides is 1. The van der Waals surface area contributed by atoms with Crippen molar-refractivity contribution in [2.24, 2.45) is 5.92 Å².